The zero-order chi connectivity index (χ0) is 12.5. The van der Waals surface area contributed by atoms with Crippen LogP contribution in [0.3, 0.4) is 0 Å². The molecule has 0 saturated heterocycles. The van der Waals surface area contributed by atoms with E-state index in [-0.39, 0.29) is 17.6 Å². The molecule has 17 heavy (non-hydrogen) atoms. The molecule has 1 aliphatic rings. The summed E-state index contributed by atoms with van der Waals surface area (Å²) in [6.07, 6.45) is 1.91. The minimum absolute atomic E-state index is 0.0988. The second-order valence-corrected chi connectivity index (χ2v) is 4.47. The van der Waals surface area contributed by atoms with Gasteiger partial charge < -0.3 is 14.9 Å². The highest BCUT2D eigenvalue weighted by molar-refractivity contribution is 5.70. The molecule has 0 radical (unpaired) electrons. The maximum atomic E-state index is 10.8. The van der Waals surface area contributed by atoms with Crippen LogP contribution in [0, 0.1) is 0 Å². The summed E-state index contributed by atoms with van der Waals surface area (Å²) < 4.78 is 5.31. The number of rotatable bonds is 5. The molecule has 0 aromatic heterocycles. The van der Waals surface area contributed by atoms with Crippen molar-refractivity contribution < 1.29 is 19.7 Å². The first kappa shape index (κ1) is 11.8. The molecule has 4 heteroatoms. The molecule has 0 aliphatic heterocycles. The highest BCUT2D eigenvalue weighted by Crippen LogP contribution is 2.52. The number of aromatic hydroxyl groups is 1. The van der Waals surface area contributed by atoms with Crippen LogP contribution in [-0.4, -0.2) is 22.8 Å². The summed E-state index contributed by atoms with van der Waals surface area (Å²) in [6, 6.07) is 5.12. The van der Waals surface area contributed by atoms with E-state index in [0.29, 0.717) is 12.4 Å². The lowest BCUT2D eigenvalue weighted by molar-refractivity contribution is -0.137. The number of hydrogen-bond acceptors (Lipinski definition) is 3. The molecule has 0 amide bonds. The summed E-state index contributed by atoms with van der Waals surface area (Å²) in [4.78, 5) is 10.8. The van der Waals surface area contributed by atoms with Gasteiger partial charge in [0.1, 0.15) is 0 Å². The van der Waals surface area contributed by atoms with Gasteiger partial charge in [-0.05, 0) is 37.5 Å². The van der Waals surface area contributed by atoms with Crippen molar-refractivity contribution in [2.24, 2.45) is 0 Å². The lowest BCUT2D eigenvalue weighted by Gasteiger charge is -2.15. The van der Waals surface area contributed by atoms with Crippen molar-refractivity contribution in [3.05, 3.63) is 23.8 Å². The van der Waals surface area contributed by atoms with Gasteiger partial charge in [-0.1, -0.05) is 6.07 Å². The topological polar surface area (TPSA) is 66.8 Å². The van der Waals surface area contributed by atoms with Crippen LogP contribution in [0.25, 0.3) is 0 Å². The van der Waals surface area contributed by atoms with Crippen molar-refractivity contribution in [2.75, 3.05) is 6.61 Å². The molecule has 1 aliphatic carbocycles. The Morgan fingerprint density at radius 2 is 2.18 bits per heavy atom. The monoisotopic (exact) mass is 236 g/mol. The van der Waals surface area contributed by atoms with Gasteiger partial charge in [-0.3, -0.25) is 4.79 Å². The number of carboxylic acid groups (broad SMARTS) is 1. The Morgan fingerprint density at radius 3 is 2.71 bits per heavy atom. The molecule has 0 heterocycles. The fourth-order valence-corrected chi connectivity index (χ4v) is 2.12. The van der Waals surface area contributed by atoms with Gasteiger partial charge in [-0.25, -0.2) is 0 Å². The van der Waals surface area contributed by atoms with Crippen molar-refractivity contribution in [3.63, 3.8) is 0 Å². The molecule has 92 valence electrons. The molecular formula is C13H16O4. The molecule has 2 rings (SSSR count). The lowest BCUT2D eigenvalue weighted by Crippen LogP contribution is -2.13. The van der Waals surface area contributed by atoms with Gasteiger partial charge in [0.2, 0.25) is 0 Å². The molecule has 0 atom stereocenters. The van der Waals surface area contributed by atoms with Gasteiger partial charge in [-0.2, -0.15) is 0 Å². The Labute approximate surface area is 99.8 Å². The normalized spacial score (nSPS) is 16.5. The fourth-order valence-electron chi connectivity index (χ4n) is 2.12. The Balaban J connectivity index is 2.27. The van der Waals surface area contributed by atoms with Crippen LogP contribution in [0.2, 0.25) is 0 Å². The SMILES string of the molecule is CCOc1cc(C2(CC(=O)O)CC2)ccc1O. The predicted molar refractivity (Wildman–Crippen MR) is 62.4 cm³/mol. The largest absolute Gasteiger partial charge is 0.504 e. The van der Waals surface area contributed by atoms with E-state index in [1.807, 2.05) is 6.92 Å². The van der Waals surface area contributed by atoms with E-state index in [9.17, 15) is 9.90 Å². The molecular weight excluding hydrogens is 220 g/mol. The summed E-state index contributed by atoms with van der Waals surface area (Å²) in [7, 11) is 0. The van der Waals surface area contributed by atoms with Crippen LogP contribution >= 0.6 is 0 Å². The summed E-state index contributed by atoms with van der Waals surface area (Å²) in [5.41, 5.74) is 0.701. The van der Waals surface area contributed by atoms with Gasteiger partial charge >= 0.3 is 5.97 Å². The maximum absolute atomic E-state index is 10.8. The molecule has 1 saturated carbocycles. The highest BCUT2D eigenvalue weighted by atomic mass is 16.5. The van der Waals surface area contributed by atoms with E-state index in [0.717, 1.165) is 18.4 Å². The number of benzene rings is 1. The minimum atomic E-state index is -0.784. The first-order valence-corrected chi connectivity index (χ1v) is 5.75. The Bertz CT molecular complexity index is 435. The summed E-state index contributed by atoms with van der Waals surface area (Å²) in [5, 5.41) is 18.5. The maximum Gasteiger partial charge on any atom is 0.304 e. The average molecular weight is 236 g/mol. The number of carbonyl (C=O) groups is 1. The van der Waals surface area contributed by atoms with E-state index in [4.69, 9.17) is 9.84 Å². The van der Waals surface area contributed by atoms with E-state index in [1.54, 1.807) is 18.2 Å². The first-order chi connectivity index (χ1) is 8.07. The molecule has 0 unspecified atom stereocenters. The zero-order valence-corrected chi connectivity index (χ0v) is 9.77. The molecule has 1 aromatic carbocycles. The quantitative estimate of drug-likeness (QED) is 0.823. The van der Waals surface area contributed by atoms with Crippen molar-refractivity contribution in [3.8, 4) is 11.5 Å². The number of aliphatic carboxylic acids is 1. The van der Waals surface area contributed by atoms with Crippen LogP contribution < -0.4 is 4.74 Å². The standard InChI is InChI=1S/C13H16O4/c1-2-17-11-7-9(3-4-10(11)14)13(5-6-13)8-12(15)16/h3-4,7,14H,2,5-6,8H2,1H3,(H,15,16). The van der Waals surface area contributed by atoms with E-state index < -0.39 is 5.97 Å². The number of ether oxygens (including phenoxy) is 1. The molecule has 0 bridgehead atoms. The average Bonchev–Trinajstić information content (AvgIpc) is 3.01. The molecule has 1 aromatic rings. The third-order valence-corrected chi connectivity index (χ3v) is 3.22. The van der Waals surface area contributed by atoms with Crippen LogP contribution in [0.4, 0.5) is 0 Å². The second-order valence-electron chi connectivity index (χ2n) is 4.47. The summed E-state index contributed by atoms with van der Waals surface area (Å²) >= 11 is 0. The molecule has 0 spiro atoms. The highest BCUT2D eigenvalue weighted by Gasteiger charge is 2.46. The third kappa shape index (κ3) is 2.35. The van der Waals surface area contributed by atoms with Crippen LogP contribution in [-0.2, 0) is 10.2 Å². The summed E-state index contributed by atoms with van der Waals surface area (Å²) in [5.74, 6) is -0.253. The number of hydrogen-bond donors (Lipinski definition) is 2. The lowest BCUT2D eigenvalue weighted by atomic mass is 9.92. The van der Waals surface area contributed by atoms with Crippen molar-refractivity contribution in [2.45, 2.75) is 31.6 Å². The van der Waals surface area contributed by atoms with E-state index in [2.05, 4.69) is 0 Å². The Kier molecular flexibility index (Phi) is 2.96. The van der Waals surface area contributed by atoms with Crippen LogP contribution in [0.15, 0.2) is 18.2 Å². The van der Waals surface area contributed by atoms with Gasteiger partial charge in [0, 0.05) is 5.41 Å². The van der Waals surface area contributed by atoms with Gasteiger partial charge in [0.15, 0.2) is 11.5 Å². The number of phenols is 1. The molecule has 4 nitrogen and oxygen atoms in total. The second kappa shape index (κ2) is 4.28. The van der Waals surface area contributed by atoms with Gasteiger partial charge in [-0.15, -0.1) is 0 Å². The molecule has 2 N–H and O–H groups in total. The van der Waals surface area contributed by atoms with Crippen molar-refractivity contribution >= 4 is 5.97 Å². The zero-order valence-electron chi connectivity index (χ0n) is 9.77. The smallest absolute Gasteiger partial charge is 0.304 e. The van der Waals surface area contributed by atoms with Crippen LogP contribution in [0.1, 0.15) is 31.7 Å². The fraction of sp³-hybridized carbons (Fsp3) is 0.462. The van der Waals surface area contributed by atoms with Crippen molar-refractivity contribution in [1.29, 1.82) is 0 Å². The first-order valence-electron chi connectivity index (χ1n) is 5.75. The number of phenolic OH excluding ortho intramolecular Hbond substituents is 1. The number of carboxylic acids is 1. The Morgan fingerprint density at radius 1 is 1.47 bits per heavy atom. The minimum Gasteiger partial charge on any atom is -0.504 e. The third-order valence-electron chi connectivity index (χ3n) is 3.22. The predicted octanol–water partition coefficient (Wildman–Crippen LogP) is 2.30. The van der Waals surface area contributed by atoms with Gasteiger partial charge in [0.05, 0.1) is 13.0 Å². The van der Waals surface area contributed by atoms with E-state index >= 15 is 0 Å². The van der Waals surface area contributed by atoms with Crippen molar-refractivity contribution in [1.82, 2.24) is 0 Å². The van der Waals surface area contributed by atoms with E-state index in [1.165, 1.54) is 0 Å². The van der Waals surface area contributed by atoms with Gasteiger partial charge in [0.25, 0.3) is 0 Å². The Hall–Kier alpha value is -1.71. The molecule has 1 fully saturated rings. The summed E-state index contributed by atoms with van der Waals surface area (Å²) in [6.45, 7) is 2.32. The van der Waals surface area contributed by atoms with Crippen LogP contribution in [0.5, 0.6) is 11.5 Å².